The Balaban J connectivity index is 2.60. The zero-order valence-corrected chi connectivity index (χ0v) is 7.89. The summed E-state index contributed by atoms with van der Waals surface area (Å²) in [6.07, 6.45) is 0. The number of ether oxygens (including phenoxy) is 2. The molecule has 0 saturated carbocycles. The third-order valence-electron chi connectivity index (χ3n) is 2.33. The van der Waals surface area contributed by atoms with E-state index in [0.29, 0.717) is 13.2 Å². The highest BCUT2D eigenvalue weighted by molar-refractivity contribution is 5.64. The molecule has 0 unspecified atom stereocenters. The number of benzene rings is 1. The normalized spacial score (nSPS) is 14.3. The van der Waals surface area contributed by atoms with E-state index in [1.165, 1.54) is 0 Å². The molecule has 0 fully saturated rings. The largest absolute Gasteiger partial charge is 0.486 e. The lowest BCUT2D eigenvalue weighted by Crippen LogP contribution is -2.17. The van der Waals surface area contributed by atoms with E-state index in [-0.39, 0.29) is 0 Å². The SMILES string of the molecule is Cc1cc2c(c(C)c1N)OCCO2. The zero-order chi connectivity index (χ0) is 9.42. The van der Waals surface area contributed by atoms with E-state index in [1.807, 2.05) is 19.9 Å². The lowest BCUT2D eigenvalue weighted by Gasteiger charge is -2.21. The third kappa shape index (κ3) is 1.20. The first kappa shape index (κ1) is 8.23. The molecule has 0 saturated heterocycles. The lowest BCUT2D eigenvalue weighted by atomic mass is 10.1. The highest BCUT2D eigenvalue weighted by Crippen LogP contribution is 2.38. The van der Waals surface area contributed by atoms with Crippen molar-refractivity contribution in [2.75, 3.05) is 18.9 Å². The van der Waals surface area contributed by atoms with Gasteiger partial charge in [0.2, 0.25) is 0 Å². The number of rotatable bonds is 0. The molecule has 2 N–H and O–H groups in total. The average molecular weight is 179 g/mol. The van der Waals surface area contributed by atoms with Crippen molar-refractivity contribution in [1.29, 1.82) is 0 Å². The molecular weight excluding hydrogens is 166 g/mol. The smallest absolute Gasteiger partial charge is 0.166 e. The molecule has 0 aliphatic carbocycles. The summed E-state index contributed by atoms with van der Waals surface area (Å²) in [6.45, 7) is 5.16. The van der Waals surface area contributed by atoms with Gasteiger partial charge in [0.25, 0.3) is 0 Å². The molecule has 70 valence electrons. The van der Waals surface area contributed by atoms with Gasteiger partial charge in [0.1, 0.15) is 13.2 Å². The van der Waals surface area contributed by atoms with Crippen molar-refractivity contribution in [3.05, 3.63) is 17.2 Å². The van der Waals surface area contributed by atoms with Crippen LogP contribution in [0.15, 0.2) is 6.07 Å². The number of fused-ring (bicyclic) bond motifs is 1. The summed E-state index contributed by atoms with van der Waals surface area (Å²) in [7, 11) is 0. The Morgan fingerprint density at radius 2 is 1.92 bits per heavy atom. The number of aryl methyl sites for hydroxylation is 1. The maximum atomic E-state index is 5.87. The van der Waals surface area contributed by atoms with Crippen LogP contribution in [0, 0.1) is 13.8 Å². The van der Waals surface area contributed by atoms with E-state index in [2.05, 4.69) is 0 Å². The summed E-state index contributed by atoms with van der Waals surface area (Å²) < 4.78 is 10.9. The van der Waals surface area contributed by atoms with Crippen LogP contribution in [0.3, 0.4) is 0 Å². The second-order valence-electron chi connectivity index (χ2n) is 3.26. The molecule has 1 aliphatic heterocycles. The van der Waals surface area contributed by atoms with E-state index in [0.717, 1.165) is 28.3 Å². The Bertz CT molecular complexity index is 347. The molecule has 1 aromatic carbocycles. The molecule has 3 heteroatoms. The third-order valence-corrected chi connectivity index (χ3v) is 2.33. The maximum Gasteiger partial charge on any atom is 0.166 e. The first-order chi connectivity index (χ1) is 6.20. The molecular formula is C10H13NO2. The van der Waals surface area contributed by atoms with E-state index >= 15 is 0 Å². The Morgan fingerprint density at radius 3 is 2.69 bits per heavy atom. The highest BCUT2D eigenvalue weighted by atomic mass is 16.6. The van der Waals surface area contributed by atoms with Crippen molar-refractivity contribution in [2.45, 2.75) is 13.8 Å². The van der Waals surface area contributed by atoms with Crippen LogP contribution >= 0.6 is 0 Å². The second kappa shape index (κ2) is 2.83. The first-order valence-corrected chi connectivity index (χ1v) is 4.35. The lowest BCUT2D eigenvalue weighted by molar-refractivity contribution is 0.170. The standard InChI is InChI=1S/C10H13NO2/c1-6-5-8-10(7(2)9(6)11)13-4-3-12-8/h5H,3-4,11H2,1-2H3. The summed E-state index contributed by atoms with van der Waals surface area (Å²) in [6, 6.07) is 1.93. The summed E-state index contributed by atoms with van der Waals surface area (Å²) in [4.78, 5) is 0. The van der Waals surface area contributed by atoms with Crippen molar-refractivity contribution < 1.29 is 9.47 Å². The quantitative estimate of drug-likeness (QED) is 0.616. The van der Waals surface area contributed by atoms with E-state index in [4.69, 9.17) is 15.2 Å². The van der Waals surface area contributed by atoms with E-state index in [1.54, 1.807) is 0 Å². The molecule has 2 rings (SSSR count). The molecule has 0 radical (unpaired) electrons. The Labute approximate surface area is 77.5 Å². The molecule has 1 aliphatic rings. The van der Waals surface area contributed by atoms with Gasteiger partial charge >= 0.3 is 0 Å². The van der Waals surface area contributed by atoms with Crippen LogP contribution in [0.4, 0.5) is 5.69 Å². The van der Waals surface area contributed by atoms with Crippen molar-refractivity contribution >= 4 is 5.69 Å². The fourth-order valence-corrected chi connectivity index (χ4v) is 1.52. The van der Waals surface area contributed by atoms with Gasteiger partial charge in [0.05, 0.1) is 0 Å². The van der Waals surface area contributed by atoms with Crippen molar-refractivity contribution in [1.82, 2.24) is 0 Å². The van der Waals surface area contributed by atoms with Gasteiger partial charge in [-0.05, 0) is 25.5 Å². The molecule has 13 heavy (non-hydrogen) atoms. The molecule has 0 atom stereocenters. The average Bonchev–Trinajstić information content (AvgIpc) is 2.15. The van der Waals surface area contributed by atoms with Crippen molar-refractivity contribution in [3.63, 3.8) is 0 Å². The monoisotopic (exact) mass is 179 g/mol. The Hall–Kier alpha value is -1.38. The predicted molar refractivity (Wildman–Crippen MR) is 51.3 cm³/mol. The van der Waals surface area contributed by atoms with Crippen molar-refractivity contribution in [3.8, 4) is 11.5 Å². The van der Waals surface area contributed by atoms with Crippen molar-refractivity contribution in [2.24, 2.45) is 0 Å². The number of nitrogens with two attached hydrogens (primary N) is 1. The highest BCUT2D eigenvalue weighted by Gasteiger charge is 2.17. The van der Waals surface area contributed by atoms with Gasteiger partial charge in [0.15, 0.2) is 11.5 Å². The first-order valence-electron chi connectivity index (χ1n) is 4.35. The Morgan fingerprint density at radius 1 is 1.23 bits per heavy atom. The van der Waals surface area contributed by atoms with Gasteiger partial charge in [-0.2, -0.15) is 0 Å². The van der Waals surface area contributed by atoms with Crippen LogP contribution in [0.5, 0.6) is 11.5 Å². The topological polar surface area (TPSA) is 44.5 Å². The summed E-state index contributed by atoms with van der Waals surface area (Å²) in [5.41, 5.74) is 8.69. The van der Waals surface area contributed by atoms with Crippen LogP contribution in [0.2, 0.25) is 0 Å². The second-order valence-corrected chi connectivity index (χ2v) is 3.26. The summed E-state index contributed by atoms with van der Waals surface area (Å²) in [5, 5.41) is 0. The molecule has 0 bridgehead atoms. The zero-order valence-electron chi connectivity index (χ0n) is 7.89. The van der Waals surface area contributed by atoms with E-state index < -0.39 is 0 Å². The van der Waals surface area contributed by atoms with Gasteiger partial charge in [-0.3, -0.25) is 0 Å². The minimum Gasteiger partial charge on any atom is -0.486 e. The maximum absolute atomic E-state index is 5.87. The molecule has 1 aromatic rings. The van der Waals surface area contributed by atoms with Gasteiger partial charge in [-0.25, -0.2) is 0 Å². The van der Waals surface area contributed by atoms with Gasteiger partial charge in [-0.1, -0.05) is 0 Å². The molecule has 1 heterocycles. The summed E-state index contributed by atoms with van der Waals surface area (Å²) >= 11 is 0. The van der Waals surface area contributed by atoms with Crippen LogP contribution < -0.4 is 15.2 Å². The van der Waals surface area contributed by atoms with Gasteiger partial charge < -0.3 is 15.2 Å². The molecule has 0 aromatic heterocycles. The Kier molecular flexibility index (Phi) is 1.79. The fourth-order valence-electron chi connectivity index (χ4n) is 1.52. The van der Waals surface area contributed by atoms with Crippen LogP contribution in [-0.4, -0.2) is 13.2 Å². The van der Waals surface area contributed by atoms with Crippen LogP contribution in [0.25, 0.3) is 0 Å². The number of hydrogen-bond acceptors (Lipinski definition) is 3. The van der Waals surface area contributed by atoms with Crippen LogP contribution in [0.1, 0.15) is 11.1 Å². The molecule has 0 spiro atoms. The predicted octanol–water partition coefficient (Wildman–Crippen LogP) is 1.66. The fraction of sp³-hybridized carbons (Fsp3) is 0.400. The molecule has 0 amide bonds. The number of nitrogen functional groups attached to an aromatic ring is 1. The molecule has 3 nitrogen and oxygen atoms in total. The van der Waals surface area contributed by atoms with Gasteiger partial charge in [0, 0.05) is 11.3 Å². The summed E-state index contributed by atoms with van der Waals surface area (Å²) in [5.74, 6) is 1.62. The number of anilines is 1. The van der Waals surface area contributed by atoms with Gasteiger partial charge in [-0.15, -0.1) is 0 Å². The minimum absolute atomic E-state index is 0.607. The minimum atomic E-state index is 0.607. The van der Waals surface area contributed by atoms with Crippen LogP contribution in [-0.2, 0) is 0 Å². The van der Waals surface area contributed by atoms with E-state index in [9.17, 15) is 0 Å². The number of hydrogen-bond donors (Lipinski definition) is 1.